The Morgan fingerprint density at radius 2 is 1.94 bits per heavy atom. The third-order valence-electron chi connectivity index (χ3n) is 2.25. The third kappa shape index (κ3) is 2.73. The monoisotopic (exact) mass is 393 g/mol. The summed E-state index contributed by atoms with van der Waals surface area (Å²) in [7, 11) is 0. The van der Waals surface area contributed by atoms with Crippen molar-refractivity contribution >= 4 is 49.1 Å². The molecule has 94 valence electrons. The molecule has 0 atom stereocenters. The van der Waals surface area contributed by atoms with E-state index in [2.05, 4.69) is 37.0 Å². The fraction of sp³-hybridized carbons (Fsp3) is 0.100. The molecule has 0 fully saturated rings. The van der Waals surface area contributed by atoms with Gasteiger partial charge in [0.15, 0.2) is 4.60 Å². The van der Waals surface area contributed by atoms with E-state index in [0.29, 0.717) is 16.2 Å². The van der Waals surface area contributed by atoms with Gasteiger partial charge in [-0.25, -0.2) is 4.68 Å². The summed E-state index contributed by atoms with van der Waals surface area (Å²) in [6.45, 7) is 0.421. The van der Waals surface area contributed by atoms with Gasteiger partial charge in [0.1, 0.15) is 0 Å². The number of benzene rings is 1. The first-order valence-electron chi connectivity index (χ1n) is 4.79. The largest absolute Gasteiger partial charge is 0.335 e. The average Bonchev–Trinajstić information content (AvgIpc) is 2.57. The Hall–Kier alpha value is -0.920. The van der Waals surface area contributed by atoms with E-state index >= 15 is 0 Å². The van der Waals surface area contributed by atoms with E-state index in [4.69, 9.17) is 11.6 Å². The Labute approximate surface area is 124 Å². The van der Waals surface area contributed by atoms with Gasteiger partial charge in [-0.2, -0.15) is 5.10 Å². The van der Waals surface area contributed by atoms with Crippen LogP contribution in [0.25, 0.3) is 0 Å². The topological polar surface area (TPSA) is 61.0 Å². The predicted molar refractivity (Wildman–Crippen MR) is 74.8 cm³/mol. The van der Waals surface area contributed by atoms with Gasteiger partial charge in [0.2, 0.25) is 4.60 Å². The van der Waals surface area contributed by atoms with Crippen LogP contribution in [0, 0.1) is 10.1 Å². The first kappa shape index (κ1) is 13.5. The minimum Gasteiger partial charge on any atom is -0.258 e. The molecule has 0 bridgehead atoms. The van der Waals surface area contributed by atoms with Crippen LogP contribution in [0.3, 0.4) is 0 Å². The molecule has 2 rings (SSSR count). The molecule has 0 spiro atoms. The zero-order valence-electron chi connectivity index (χ0n) is 8.81. The van der Waals surface area contributed by atoms with Crippen LogP contribution in [0.5, 0.6) is 0 Å². The lowest BCUT2D eigenvalue weighted by molar-refractivity contribution is -0.386. The predicted octanol–water partition coefficient (Wildman–Crippen LogP) is 4.02. The van der Waals surface area contributed by atoms with Crippen molar-refractivity contribution < 1.29 is 4.92 Å². The van der Waals surface area contributed by atoms with Gasteiger partial charge >= 0.3 is 5.69 Å². The molecule has 1 heterocycles. The summed E-state index contributed by atoms with van der Waals surface area (Å²) in [4.78, 5) is 10.3. The molecule has 0 aliphatic rings. The maximum atomic E-state index is 10.8. The molecule has 0 amide bonds. The first-order chi connectivity index (χ1) is 8.49. The van der Waals surface area contributed by atoms with E-state index in [0.717, 1.165) is 5.56 Å². The fourth-order valence-corrected chi connectivity index (χ4v) is 2.88. The van der Waals surface area contributed by atoms with Crippen molar-refractivity contribution in [3.8, 4) is 0 Å². The van der Waals surface area contributed by atoms with E-state index in [1.54, 1.807) is 12.1 Å². The van der Waals surface area contributed by atoms with Crippen molar-refractivity contribution in [2.45, 2.75) is 6.54 Å². The van der Waals surface area contributed by atoms with Gasteiger partial charge < -0.3 is 0 Å². The summed E-state index contributed by atoms with van der Waals surface area (Å²) < 4.78 is 2.04. The molecular formula is C10H6Br2ClN3O2. The van der Waals surface area contributed by atoms with Gasteiger partial charge in [0.05, 0.1) is 11.5 Å². The van der Waals surface area contributed by atoms with Gasteiger partial charge in [-0.15, -0.1) is 0 Å². The summed E-state index contributed by atoms with van der Waals surface area (Å²) in [5.41, 5.74) is 0.869. The Balaban J connectivity index is 2.33. The summed E-state index contributed by atoms with van der Waals surface area (Å²) in [6, 6.07) is 7.21. The molecule has 2 aromatic rings. The molecule has 0 aliphatic carbocycles. The SMILES string of the molecule is O=[N+]([O-])c1c(Br)nn(Cc2ccc(Cl)cc2)c1Br. The second kappa shape index (κ2) is 5.38. The number of aromatic nitrogens is 2. The molecule has 1 aromatic carbocycles. The molecule has 0 radical (unpaired) electrons. The van der Waals surface area contributed by atoms with Gasteiger partial charge in [-0.3, -0.25) is 10.1 Å². The molecule has 5 nitrogen and oxygen atoms in total. The van der Waals surface area contributed by atoms with Crippen LogP contribution in [-0.2, 0) is 6.54 Å². The molecule has 0 N–H and O–H groups in total. The maximum Gasteiger partial charge on any atom is 0.335 e. The van der Waals surface area contributed by atoms with E-state index in [-0.39, 0.29) is 10.3 Å². The number of halogens is 3. The van der Waals surface area contributed by atoms with Crippen molar-refractivity contribution in [2.75, 3.05) is 0 Å². The lowest BCUT2D eigenvalue weighted by Gasteiger charge is -2.02. The van der Waals surface area contributed by atoms with Crippen molar-refractivity contribution in [1.29, 1.82) is 0 Å². The average molecular weight is 395 g/mol. The summed E-state index contributed by atoms with van der Waals surface area (Å²) in [5, 5.41) is 15.5. The van der Waals surface area contributed by atoms with E-state index < -0.39 is 4.92 Å². The highest BCUT2D eigenvalue weighted by Crippen LogP contribution is 2.32. The van der Waals surface area contributed by atoms with Crippen molar-refractivity contribution in [3.63, 3.8) is 0 Å². The number of hydrogen-bond acceptors (Lipinski definition) is 3. The van der Waals surface area contributed by atoms with Crippen LogP contribution in [0.4, 0.5) is 5.69 Å². The Bertz CT molecular complexity index is 598. The van der Waals surface area contributed by atoms with E-state index in [1.807, 2.05) is 12.1 Å². The molecule has 0 saturated heterocycles. The van der Waals surface area contributed by atoms with Crippen LogP contribution in [0.1, 0.15) is 5.56 Å². The zero-order valence-corrected chi connectivity index (χ0v) is 12.7. The van der Waals surface area contributed by atoms with Crippen LogP contribution in [0.15, 0.2) is 33.5 Å². The standard InChI is InChI=1S/C10H6Br2ClN3O2/c11-9-8(16(17)18)10(12)15(14-9)5-6-1-3-7(13)4-2-6/h1-4H,5H2. The van der Waals surface area contributed by atoms with Crippen LogP contribution < -0.4 is 0 Å². The molecule has 1 aromatic heterocycles. The number of hydrogen-bond donors (Lipinski definition) is 0. The maximum absolute atomic E-state index is 10.8. The molecule has 8 heteroatoms. The lowest BCUT2D eigenvalue weighted by Crippen LogP contribution is -2.02. The van der Waals surface area contributed by atoms with Crippen LogP contribution in [-0.4, -0.2) is 14.7 Å². The Kier molecular flexibility index (Phi) is 4.04. The smallest absolute Gasteiger partial charge is 0.258 e. The quantitative estimate of drug-likeness (QED) is 0.583. The molecule has 0 unspecified atom stereocenters. The first-order valence-corrected chi connectivity index (χ1v) is 6.76. The zero-order chi connectivity index (χ0) is 13.3. The van der Waals surface area contributed by atoms with E-state index in [1.165, 1.54) is 4.68 Å². The second-order valence-corrected chi connectivity index (χ2v) is 5.41. The van der Waals surface area contributed by atoms with Gasteiger partial charge in [-0.05, 0) is 49.6 Å². The van der Waals surface area contributed by atoms with Crippen LogP contribution in [0.2, 0.25) is 5.02 Å². The van der Waals surface area contributed by atoms with Crippen molar-refractivity contribution in [1.82, 2.24) is 9.78 Å². The molecule has 18 heavy (non-hydrogen) atoms. The highest BCUT2D eigenvalue weighted by Gasteiger charge is 2.24. The lowest BCUT2D eigenvalue weighted by atomic mass is 10.2. The summed E-state index contributed by atoms with van der Waals surface area (Å²) in [6.07, 6.45) is 0. The summed E-state index contributed by atoms with van der Waals surface area (Å²) in [5.74, 6) is 0. The fourth-order valence-electron chi connectivity index (χ4n) is 1.42. The highest BCUT2D eigenvalue weighted by molar-refractivity contribution is 9.11. The molecular weight excluding hydrogens is 389 g/mol. The Morgan fingerprint density at radius 1 is 1.33 bits per heavy atom. The van der Waals surface area contributed by atoms with Crippen molar-refractivity contribution in [2.24, 2.45) is 0 Å². The van der Waals surface area contributed by atoms with E-state index in [9.17, 15) is 10.1 Å². The van der Waals surface area contributed by atoms with Crippen molar-refractivity contribution in [3.05, 3.63) is 54.2 Å². The number of rotatable bonds is 3. The molecule has 0 aliphatic heterocycles. The van der Waals surface area contributed by atoms with Crippen LogP contribution >= 0.6 is 43.5 Å². The molecule has 0 saturated carbocycles. The highest BCUT2D eigenvalue weighted by atomic mass is 79.9. The Morgan fingerprint density at radius 3 is 2.44 bits per heavy atom. The third-order valence-corrected chi connectivity index (χ3v) is 3.83. The number of nitro groups is 1. The second-order valence-electron chi connectivity index (χ2n) is 3.47. The number of nitrogens with zero attached hydrogens (tertiary/aromatic N) is 3. The van der Waals surface area contributed by atoms with Gasteiger partial charge in [0, 0.05) is 5.02 Å². The summed E-state index contributed by atoms with van der Waals surface area (Å²) >= 11 is 12.0. The minimum absolute atomic E-state index is 0.0797. The van der Waals surface area contributed by atoms with Gasteiger partial charge in [0.25, 0.3) is 0 Å². The normalized spacial score (nSPS) is 10.6. The minimum atomic E-state index is -0.487. The van der Waals surface area contributed by atoms with Gasteiger partial charge in [-0.1, -0.05) is 23.7 Å².